The normalized spacial score (nSPS) is 14.9. The molecule has 0 amide bonds. The number of hydrazone groups is 2. The molecule has 4 nitrogen and oxygen atoms in total. The van der Waals surface area contributed by atoms with Crippen molar-refractivity contribution in [2.24, 2.45) is 21.0 Å². The SMILES string of the molecule is CC(C)(C)C1=CC(=NN(Cc2ccccc2)[Si](C)(C)C)C=C(C(C)(C)C)C1=NN(Cc1ccccc1)[Si](C)(C)C. The van der Waals surface area contributed by atoms with Gasteiger partial charge in [0.25, 0.3) is 0 Å². The van der Waals surface area contributed by atoms with Crippen molar-refractivity contribution in [1.29, 1.82) is 0 Å². The van der Waals surface area contributed by atoms with E-state index in [9.17, 15) is 0 Å². The van der Waals surface area contributed by atoms with Gasteiger partial charge in [0.1, 0.15) is 0 Å². The number of hydrogen-bond acceptors (Lipinski definition) is 4. The molecule has 3 rings (SSSR count). The van der Waals surface area contributed by atoms with Crippen molar-refractivity contribution in [3.05, 3.63) is 95.1 Å². The van der Waals surface area contributed by atoms with Gasteiger partial charge in [-0.2, -0.15) is 10.2 Å². The van der Waals surface area contributed by atoms with E-state index in [1.54, 1.807) is 0 Å². The molecule has 40 heavy (non-hydrogen) atoms. The lowest BCUT2D eigenvalue weighted by molar-refractivity contribution is 0.434. The summed E-state index contributed by atoms with van der Waals surface area (Å²) in [6.45, 7) is 29.7. The molecule has 0 saturated carbocycles. The third-order valence-corrected chi connectivity index (χ3v) is 10.7. The first kappa shape index (κ1) is 31.8. The zero-order valence-electron chi connectivity index (χ0n) is 27.1. The van der Waals surface area contributed by atoms with Crippen molar-refractivity contribution in [3.8, 4) is 0 Å². The fraction of sp³-hybridized carbons (Fsp3) is 0.471. The van der Waals surface area contributed by atoms with Crippen LogP contribution in [-0.2, 0) is 13.1 Å². The van der Waals surface area contributed by atoms with Gasteiger partial charge in [-0.05, 0) is 45.3 Å². The largest absolute Gasteiger partial charge is 0.320 e. The molecular weight excluding hydrogens is 521 g/mol. The van der Waals surface area contributed by atoms with Crippen LogP contribution in [0.25, 0.3) is 0 Å². The monoisotopic (exact) mass is 572 g/mol. The van der Waals surface area contributed by atoms with Crippen molar-refractivity contribution in [2.45, 2.75) is 93.9 Å². The number of nitrogens with zero attached hydrogens (tertiary/aromatic N) is 4. The van der Waals surface area contributed by atoms with Crippen LogP contribution >= 0.6 is 0 Å². The van der Waals surface area contributed by atoms with Gasteiger partial charge in [0.05, 0.1) is 24.5 Å². The Morgan fingerprint density at radius 3 is 1.23 bits per heavy atom. The predicted octanol–water partition coefficient (Wildman–Crippen LogP) is 9.33. The van der Waals surface area contributed by atoms with E-state index < -0.39 is 16.5 Å². The topological polar surface area (TPSA) is 31.2 Å². The highest BCUT2D eigenvalue weighted by atomic mass is 28.3. The number of rotatable bonds is 8. The van der Waals surface area contributed by atoms with Crippen LogP contribution in [0.5, 0.6) is 0 Å². The summed E-state index contributed by atoms with van der Waals surface area (Å²) in [7, 11) is -3.53. The summed E-state index contributed by atoms with van der Waals surface area (Å²) in [5.41, 5.74) is 7.04. The molecule has 0 unspecified atom stereocenters. The Morgan fingerprint density at radius 2 is 0.900 bits per heavy atom. The van der Waals surface area contributed by atoms with Gasteiger partial charge < -0.3 is 9.35 Å². The minimum atomic E-state index is -1.78. The molecule has 0 bridgehead atoms. The third kappa shape index (κ3) is 8.64. The summed E-state index contributed by atoms with van der Waals surface area (Å²) in [6, 6.07) is 21.4. The molecule has 6 heteroatoms. The van der Waals surface area contributed by atoms with E-state index in [1.165, 1.54) is 22.3 Å². The Balaban J connectivity index is 2.19. The molecule has 2 aromatic rings. The van der Waals surface area contributed by atoms with Gasteiger partial charge >= 0.3 is 0 Å². The maximum absolute atomic E-state index is 5.54. The van der Waals surface area contributed by atoms with E-state index >= 15 is 0 Å². The summed E-state index contributed by atoms with van der Waals surface area (Å²) >= 11 is 0. The Hall–Kier alpha value is -2.71. The Morgan fingerprint density at radius 1 is 0.550 bits per heavy atom. The standard InChI is InChI=1S/C34H52N4Si2/c1-33(2,3)30-23-29(35-37(39(7,8)9)25-27-19-15-13-16-20-27)24-31(34(4,5)6)32(30)36-38(40(10,11)12)26-28-21-17-14-18-22-28/h13-24H,25-26H2,1-12H3. The molecule has 0 fully saturated rings. The maximum atomic E-state index is 5.54. The highest BCUT2D eigenvalue weighted by Gasteiger charge is 2.35. The van der Waals surface area contributed by atoms with E-state index in [2.05, 4.69) is 163 Å². The van der Waals surface area contributed by atoms with Gasteiger partial charge in [-0.1, -0.05) is 141 Å². The first-order valence-corrected chi connectivity index (χ1v) is 21.5. The molecule has 216 valence electrons. The zero-order chi connectivity index (χ0) is 29.9. The number of benzene rings is 2. The lowest BCUT2D eigenvalue weighted by Crippen LogP contribution is -2.44. The van der Waals surface area contributed by atoms with Crippen molar-refractivity contribution in [1.82, 2.24) is 9.35 Å². The van der Waals surface area contributed by atoms with Gasteiger partial charge in [0, 0.05) is 0 Å². The van der Waals surface area contributed by atoms with Crippen LogP contribution in [0.4, 0.5) is 0 Å². The van der Waals surface area contributed by atoms with Gasteiger partial charge in [-0.25, -0.2) is 0 Å². The molecule has 0 heterocycles. The van der Waals surface area contributed by atoms with Gasteiger partial charge in [-0.15, -0.1) is 0 Å². The average molecular weight is 573 g/mol. The summed E-state index contributed by atoms with van der Waals surface area (Å²) in [5.74, 6) is 0. The van der Waals surface area contributed by atoms with Gasteiger partial charge in [0.2, 0.25) is 0 Å². The molecule has 0 spiro atoms. The molecule has 0 radical (unpaired) electrons. The third-order valence-electron chi connectivity index (χ3n) is 7.07. The molecule has 1 aliphatic rings. The van der Waals surface area contributed by atoms with E-state index in [4.69, 9.17) is 10.2 Å². The van der Waals surface area contributed by atoms with Crippen molar-refractivity contribution >= 4 is 27.9 Å². The highest BCUT2D eigenvalue weighted by molar-refractivity contribution is 6.73. The van der Waals surface area contributed by atoms with Crippen LogP contribution in [0.2, 0.25) is 39.3 Å². The minimum absolute atomic E-state index is 0.0916. The van der Waals surface area contributed by atoms with Crippen LogP contribution in [-0.4, -0.2) is 37.2 Å². The fourth-order valence-corrected chi connectivity index (χ4v) is 6.68. The molecule has 1 aliphatic carbocycles. The van der Waals surface area contributed by atoms with Crippen LogP contribution < -0.4 is 0 Å². The second kappa shape index (κ2) is 12.0. The molecule has 0 N–H and O–H groups in total. The lowest BCUT2D eigenvalue weighted by Gasteiger charge is -2.38. The molecule has 0 saturated heterocycles. The Kier molecular flexibility index (Phi) is 9.57. The lowest BCUT2D eigenvalue weighted by atomic mass is 9.72. The summed E-state index contributed by atoms with van der Waals surface area (Å²) < 4.78 is 4.75. The zero-order valence-corrected chi connectivity index (χ0v) is 29.1. The van der Waals surface area contributed by atoms with Crippen LogP contribution in [0, 0.1) is 10.8 Å². The maximum Gasteiger partial charge on any atom is 0.169 e. The minimum Gasteiger partial charge on any atom is -0.320 e. The quantitative estimate of drug-likeness (QED) is 0.179. The van der Waals surface area contributed by atoms with E-state index in [0.717, 1.165) is 24.5 Å². The number of allylic oxidation sites excluding steroid dienone is 4. The molecule has 2 aromatic carbocycles. The van der Waals surface area contributed by atoms with Crippen molar-refractivity contribution in [3.63, 3.8) is 0 Å². The van der Waals surface area contributed by atoms with Crippen LogP contribution in [0.1, 0.15) is 52.7 Å². The number of hydrogen-bond donors (Lipinski definition) is 0. The Bertz CT molecular complexity index is 1230. The second-order valence-corrected chi connectivity index (χ2v) is 24.7. The first-order chi connectivity index (χ1) is 18.4. The fourth-order valence-electron chi connectivity index (χ4n) is 4.55. The van der Waals surface area contributed by atoms with Crippen molar-refractivity contribution < 1.29 is 0 Å². The molecular formula is C34H52N4Si2. The first-order valence-electron chi connectivity index (χ1n) is 14.6. The van der Waals surface area contributed by atoms with E-state index in [-0.39, 0.29) is 10.8 Å². The van der Waals surface area contributed by atoms with E-state index in [1.807, 2.05) is 0 Å². The Labute approximate surface area is 246 Å². The van der Waals surface area contributed by atoms with Gasteiger partial charge in [-0.3, -0.25) is 0 Å². The summed E-state index contributed by atoms with van der Waals surface area (Å²) in [5, 5.41) is 10.9. The smallest absolute Gasteiger partial charge is 0.169 e. The summed E-state index contributed by atoms with van der Waals surface area (Å²) in [6.07, 6.45) is 4.61. The average Bonchev–Trinajstić information content (AvgIpc) is 2.82. The van der Waals surface area contributed by atoms with Crippen LogP contribution in [0.15, 0.2) is 94.2 Å². The van der Waals surface area contributed by atoms with E-state index in [0.29, 0.717) is 0 Å². The van der Waals surface area contributed by atoms with Crippen LogP contribution in [0.3, 0.4) is 0 Å². The molecule has 0 aliphatic heterocycles. The predicted molar refractivity (Wildman–Crippen MR) is 181 cm³/mol. The molecule has 0 aromatic heterocycles. The van der Waals surface area contributed by atoms with Crippen molar-refractivity contribution in [2.75, 3.05) is 0 Å². The van der Waals surface area contributed by atoms with Gasteiger partial charge in [0.15, 0.2) is 16.5 Å². The second-order valence-electron chi connectivity index (χ2n) is 15.0. The summed E-state index contributed by atoms with van der Waals surface area (Å²) in [4.78, 5) is 0. The highest BCUT2D eigenvalue weighted by Crippen LogP contribution is 2.39. The molecule has 0 atom stereocenters.